The lowest BCUT2D eigenvalue weighted by Gasteiger charge is -2.09. The van der Waals surface area contributed by atoms with Crippen LogP contribution >= 0.6 is 0 Å². The molecule has 162 valence electrons. The minimum atomic E-state index is -4.78. The summed E-state index contributed by atoms with van der Waals surface area (Å²) in [6.45, 7) is 0. The monoisotopic (exact) mass is 439 g/mol. The molecule has 2 heterocycles. The molecule has 4 rings (SSSR count). The topological polar surface area (TPSA) is 77.2 Å². The van der Waals surface area contributed by atoms with Gasteiger partial charge in [-0.3, -0.25) is 15.1 Å². The summed E-state index contributed by atoms with van der Waals surface area (Å²) in [5.74, 6) is -0.530. The van der Waals surface area contributed by atoms with E-state index in [1.807, 2.05) is 30.3 Å². The molecule has 0 aliphatic rings. The molecule has 0 saturated heterocycles. The number of amides is 1. The molecule has 4 aromatic rings. The zero-order valence-electron chi connectivity index (χ0n) is 16.5. The molecular weight excluding hydrogens is 423 g/mol. The van der Waals surface area contributed by atoms with Gasteiger partial charge in [-0.1, -0.05) is 35.5 Å². The quantitative estimate of drug-likeness (QED) is 0.430. The summed E-state index contributed by atoms with van der Waals surface area (Å²) in [5.41, 5.74) is 2.82. The molecule has 1 amide bonds. The molecule has 0 spiro atoms. The number of nitrogens with zero attached hydrogens (tertiary/aromatic N) is 2. The summed E-state index contributed by atoms with van der Waals surface area (Å²) in [4.78, 5) is 16.5. The number of alkyl halides is 3. The Morgan fingerprint density at radius 2 is 1.62 bits per heavy atom. The predicted molar refractivity (Wildman–Crippen MR) is 111 cm³/mol. The third-order valence-corrected chi connectivity index (χ3v) is 4.48. The lowest BCUT2D eigenvalue weighted by molar-refractivity contribution is -0.274. The van der Waals surface area contributed by atoms with Gasteiger partial charge in [0.1, 0.15) is 11.4 Å². The van der Waals surface area contributed by atoms with Crippen LogP contribution < -0.4 is 10.1 Å². The van der Waals surface area contributed by atoms with Crippen molar-refractivity contribution in [3.8, 4) is 28.1 Å². The first-order valence-electron chi connectivity index (χ1n) is 9.49. The standard InChI is InChI=1S/C23H16F3N3O3/c24-23(25,26)31-18-8-6-17(7-9-18)21-20(16-10-12-27-13-11-16)22(32-29-21)28-19(30)14-15-4-2-1-3-5-15/h1-13H,14H2,(H,28,30). The largest absolute Gasteiger partial charge is 0.573 e. The van der Waals surface area contributed by atoms with Crippen LogP contribution in [0.3, 0.4) is 0 Å². The number of hydrogen-bond acceptors (Lipinski definition) is 5. The van der Waals surface area contributed by atoms with Gasteiger partial charge in [-0.15, -0.1) is 13.2 Å². The molecule has 2 aromatic heterocycles. The van der Waals surface area contributed by atoms with E-state index in [0.717, 1.165) is 5.56 Å². The maximum atomic E-state index is 12.6. The molecule has 0 fully saturated rings. The summed E-state index contributed by atoms with van der Waals surface area (Å²) in [5, 5.41) is 6.78. The molecule has 0 unspecified atom stereocenters. The van der Waals surface area contributed by atoms with Crippen molar-refractivity contribution in [2.24, 2.45) is 0 Å². The second-order valence-corrected chi connectivity index (χ2v) is 6.75. The van der Waals surface area contributed by atoms with Crippen LogP contribution in [0.25, 0.3) is 22.4 Å². The molecule has 9 heteroatoms. The first-order chi connectivity index (χ1) is 15.4. The van der Waals surface area contributed by atoms with Gasteiger partial charge in [-0.05, 0) is 47.5 Å². The molecule has 0 atom stereocenters. The van der Waals surface area contributed by atoms with Gasteiger partial charge in [0.2, 0.25) is 11.8 Å². The Kier molecular flexibility index (Phi) is 5.89. The van der Waals surface area contributed by atoms with Gasteiger partial charge in [-0.25, -0.2) is 0 Å². The highest BCUT2D eigenvalue weighted by Crippen LogP contribution is 2.38. The first kappa shape index (κ1) is 21.1. The Labute approximate surface area is 180 Å². The second-order valence-electron chi connectivity index (χ2n) is 6.75. The number of nitrogens with one attached hydrogen (secondary N) is 1. The molecular formula is C23H16F3N3O3. The zero-order chi connectivity index (χ0) is 22.6. The van der Waals surface area contributed by atoms with Crippen molar-refractivity contribution in [3.63, 3.8) is 0 Å². The van der Waals surface area contributed by atoms with E-state index in [1.54, 1.807) is 24.5 Å². The average Bonchev–Trinajstić information content (AvgIpc) is 3.17. The number of anilines is 1. The Balaban J connectivity index is 1.65. The molecule has 0 saturated carbocycles. The van der Waals surface area contributed by atoms with Crippen LogP contribution in [0.4, 0.5) is 19.1 Å². The summed E-state index contributed by atoms with van der Waals surface area (Å²) < 4.78 is 46.6. The number of carbonyl (C=O) groups excluding carboxylic acids is 1. The van der Waals surface area contributed by atoms with Gasteiger partial charge in [0.25, 0.3) is 0 Å². The van der Waals surface area contributed by atoms with E-state index in [0.29, 0.717) is 22.4 Å². The molecule has 2 aromatic carbocycles. The summed E-state index contributed by atoms with van der Waals surface area (Å²) in [6.07, 6.45) is -1.51. The van der Waals surface area contributed by atoms with Crippen LogP contribution in [-0.2, 0) is 11.2 Å². The second kappa shape index (κ2) is 8.93. The fourth-order valence-corrected chi connectivity index (χ4v) is 3.13. The summed E-state index contributed by atoms with van der Waals surface area (Å²) in [6, 6.07) is 17.8. The van der Waals surface area contributed by atoms with E-state index < -0.39 is 6.36 Å². The molecule has 32 heavy (non-hydrogen) atoms. The maximum absolute atomic E-state index is 12.6. The van der Waals surface area contributed by atoms with E-state index in [2.05, 4.69) is 20.2 Å². The molecule has 0 bridgehead atoms. The number of ether oxygens (including phenoxy) is 1. The lowest BCUT2D eigenvalue weighted by Crippen LogP contribution is -2.16. The Morgan fingerprint density at radius 1 is 0.938 bits per heavy atom. The Morgan fingerprint density at radius 3 is 2.28 bits per heavy atom. The van der Waals surface area contributed by atoms with Crippen molar-refractivity contribution in [1.29, 1.82) is 0 Å². The maximum Gasteiger partial charge on any atom is 0.573 e. The minimum absolute atomic E-state index is 0.128. The molecule has 0 radical (unpaired) electrons. The molecule has 0 aliphatic heterocycles. The molecule has 1 N–H and O–H groups in total. The van der Waals surface area contributed by atoms with Gasteiger partial charge in [0.15, 0.2) is 0 Å². The van der Waals surface area contributed by atoms with E-state index in [9.17, 15) is 18.0 Å². The zero-order valence-corrected chi connectivity index (χ0v) is 16.5. The predicted octanol–water partition coefficient (Wildman–Crippen LogP) is 5.48. The van der Waals surface area contributed by atoms with Crippen molar-refractivity contribution >= 4 is 11.8 Å². The number of rotatable bonds is 6. The highest BCUT2D eigenvalue weighted by molar-refractivity contribution is 5.97. The van der Waals surface area contributed by atoms with Gasteiger partial charge in [0, 0.05) is 18.0 Å². The van der Waals surface area contributed by atoms with Gasteiger partial charge < -0.3 is 9.26 Å². The van der Waals surface area contributed by atoms with Crippen LogP contribution in [-0.4, -0.2) is 22.4 Å². The van der Waals surface area contributed by atoms with Gasteiger partial charge in [-0.2, -0.15) is 0 Å². The molecule has 0 aliphatic carbocycles. The SMILES string of the molecule is O=C(Cc1ccccc1)Nc1onc(-c2ccc(OC(F)(F)F)cc2)c1-c1ccncc1. The Bertz CT molecular complexity index is 1190. The van der Waals surface area contributed by atoms with Crippen LogP contribution in [0.1, 0.15) is 5.56 Å². The highest BCUT2D eigenvalue weighted by Gasteiger charge is 2.31. The number of hydrogen-bond donors (Lipinski definition) is 1. The van der Waals surface area contributed by atoms with E-state index in [-0.39, 0.29) is 24.0 Å². The van der Waals surface area contributed by atoms with Crippen LogP contribution in [0, 0.1) is 0 Å². The number of carbonyl (C=O) groups is 1. The fourth-order valence-electron chi connectivity index (χ4n) is 3.13. The first-order valence-corrected chi connectivity index (χ1v) is 9.49. The summed E-state index contributed by atoms with van der Waals surface area (Å²) >= 11 is 0. The van der Waals surface area contributed by atoms with Gasteiger partial charge in [0.05, 0.1) is 12.0 Å². The van der Waals surface area contributed by atoms with Crippen LogP contribution in [0.5, 0.6) is 5.75 Å². The fraction of sp³-hybridized carbons (Fsp3) is 0.0870. The van der Waals surface area contributed by atoms with E-state index >= 15 is 0 Å². The highest BCUT2D eigenvalue weighted by atomic mass is 19.4. The minimum Gasteiger partial charge on any atom is -0.406 e. The van der Waals surface area contributed by atoms with Crippen molar-refractivity contribution in [1.82, 2.24) is 10.1 Å². The number of aromatic nitrogens is 2. The molecule has 6 nitrogen and oxygen atoms in total. The number of halogens is 3. The van der Waals surface area contributed by atoms with Crippen molar-refractivity contribution in [2.75, 3.05) is 5.32 Å². The van der Waals surface area contributed by atoms with Crippen LogP contribution in [0.15, 0.2) is 83.6 Å². The van der Waals surface area contributed by atoms with Crippen molar-refractivity contribution in [2.45, 2.75) is 12.8 Å². The summed E-state index contributed by atoms with van der Waals surface area (Å²) in [7, 11) is 0. The van der Waals surface area contributed by atoms with E-state index in [1.165, 1.54) is 24.3 Å². The van der Waals surface area contributed by atoms with E-state index in [4.69, 9.17) is 4.52 Å². The smallest absolute Gasteiger partial charge is 0.406 e. The normalized spacial score (nSPS) is 11.2. The average molecular weight is 439 g/mol. The van der Waals surface area contributed by atoms with Gasteiger partial charge >= 0.3 is 6.36 Å². The van der Waals surface area contributed by atoms with Crippen molar-refractivity contribution in [3.05, 3.63) is 84.7 Å². The Hall–Kier alpha value is -4.14. The number of pyridine rings is 1. The third kappa shape index (κ3) is 5.12. The van der Waals surface area contributed by atoms with Crippen molar-refractivity contribution < 1.29 is 27.2 Å². The number of benzene rings is 2. The lowest BCUT2D eigenvalue weighted by atomic mass is 10.0. The van der Waals surface area contributed by atoms with Crippen LogP contribution in [0.2, 0.25) is 0 Å². The third-order valence-electron chi connectivity index (χ3n) is 4.48.